The molecular weight excluding hydrogens is 508 g/mol. The number of aromatic nitrogens is 1. The van der Waals surface area contributed by atoms with Gasteiger partial charge in [-0.15, -0.1) is 0 Å². The van der Waals surface area contributed by atoms with Crippen LogP contribution in [0.2, 0.25) is 0 Å². The zero-order chi connectivity index (χ0) is 27.6. The molecule has 6 aromatic carbocycles. The molecule has 2 aliphatic rings. The molecule has 0 saturated heterocycles. The van der Waals surface area contributed by atoms with Gasteiger partial charge in [-0.1, -0.05) is 121 Å². The third kappa shape index (κ3) is 3.39. The minimum atomic E-state index is 0.171. The molecule has 0 amide bonds. The minimum absolute atomic E-state index is 0.171. The van der Waals surface area contributed by atoms with Gasteiger partial charge < -0.3 is 9.47 Å². The Balaban J connectivity index is 1.27. The van der Waals surface area contributed by atoms with Gasteiger partial charge >= 0.3 is 0 Å². The van der Waals surface area contributed by atoms with Crippen LogP contribution < -0.4 is 4.90 Å². The average Bonchev–Trinajstić information content (AvgIpc) is 3.58. The maximum Gasteiger partial charge on any atom is 0.0650 e. The van der Waals surface area contributed by atoms with E-state index >= 15 is 0 Å². The fourth-order valence-electron chi connectivity index (χ4n) is 7.30. The van der Waals surface area contributed by atoms with Gasteiger partial charge in [0.2, 0.25) is 0 Å². The van der Waals surface area contributed by atoms with Gasteiger partial charge in [-0.25, -0.2) is 0 Å². The molecule has 1 aliphatic heterocycles. The summed E-state index contributed by atoms with van der Waals surface area (Å²) in [6.45, 7) is 0. The van der Waals surface area contributed by atoms with Crippen LogP contribution in [0.15, 0.2) is 152 Å². The van der Waals surface area contributed by atoms with Gasteiger partial charge in [0, 0.05) is 33.7 Å². The third-order valence-corrected chi connectivity index (χ3v) is 9.10. The summed E-state index contributed by atoms with van der Waals surface area (Å²) in [6.07, 6.45) is 4.80. The zero-order valence-electron chi connectivity index (χ0n) is 23.1. The number of hydrogen-bond acceptors (Lipinski definition) is 1. The molecule has 2 atom stereocenters. The molecule has 9 rings (SSSR count). The molecule has 0 radical (unpaired) electrons. The van der Waals surface area contributed by atoms with Crippen molar-refractivity contribution in [1.82, 2.24) is 4.57 Å². The lowest BCUT2D eigenvalue weighted by Crippen LogP contribution is -2.31. The number of rotatable bonds is 3. The molecule has 0 spiro atoms. The minimum Gasteiger partial charge on any atom is -0.333 e. The Hall–Kier alpha value is -5.34. The number of benzene rings is 6. The topological polar surface area (TPSA) is 8.17 Å². The van der Waals surface area contributed by atoms with Gasteiger partial charge in [0.25, 0.3) is 0 Å². The van der Waals surface area contributed by atoms with E-state index in [2.05, 4.69) is 167 Å². The highest BCUT2D eigenvalue weighted by Gasteiger charge is 2.43. The summed E-state index contributed by atoms with van der Waals surface area (Å²) in [6, 6.07) is 53.3. The Morgan fingerprint density at radius 2 is 1.29 bits per heavy atom. The van der Waals surface area contributed by atoms with Crippen LogP contribution >= 0.6 is 0 Å². The smallest absolute Gasteiger partial charge is 0.0650 e. The SMILES string of the molecule is C1=CC2C(c3ccccc3N2c2cccc(-c3ccccc3)c2)c2c1c1ccccc1n2-c1ccc2ccccc2c1. The van der Waals surface area contributed by atoms with Gasteiger partial charge in [0.15, 0.2) is 0 Å². The first-order valence-corrected chi connectivity index (χ1v) is 14.7. The first-order valence-electron chi connectivity index (χ1n) is 14.7. The van der Waals surface area contributed by atoms with Gasteiger partial charge in [-0.2, -0.15) is 0 Å². The Morgan fingerprint density at radius 1 is 0.524 bits per heavy atom. The summed E-state index contributed by atoms with van der Waals surface area (Å²) in [4.78, 5) is 2.55. The van der Waals surface area contributed by atoms with Crippen molar-refractivity contribution in [1.29, 1.82) is 0 Å². The number of nitrogens with zero attached hydrogens (tertiary/aromatic N) is 2. The van der Waals surface area contributed by atoms with Crippen LogP contribution in [0.3, 0.4) is 0 Å². The summed E-state index contributed by atoms with van der Waals surface area (Å²) < 4.78 is 2.53. The molecule has 1 aromatic heterocycles. The highest BCUT2D eigenvalue weighted by atomic mass is 15.2. The molecule has 0 saturated carbocycles. The van der Waals surface area contributed by atoms with Gasteiger partial charge in [0.05, 0.1) is 17.5 Å². The third-order valence-electron chi connectivity index (χ3n) is 9.10. The first-order chi connectivity index (χ1) is 20.8. The van der Waals surface area contributed by atoms with E-state index in [9.17, 15) is 0 Å². The van der Waals surface area contributed by atoms with E-state index in [4.69, 9.17) is 0 Å². The Labute approximate surface area is 245 Å². The van der Waals surface area contributed by atoms with E-state index in [0.29, 0.717) is 0 Å². The summed E-state index contributed by atoms with van der Waals surface area (Å²) in [5.41, 5.74) is 11.5. The van der Waals surface area contributed by atoms with Crippen LogP contribution in [0.5, 0.6) is 0 Å². The van der Waals surface area contributed by atoms with Gasteiger partial charge in [-0.05, 0) is 63.9 Å². The quantitative estimate of drug-likeness (QED) is 0.218. The van der Waals surface area contributed by atoms with Crippen molar-refractivity contribution in [2.75, 3.05) is 4.90 Å². The largest absolute Gasteiger partial charge is 0.333 e. The lowest BCUT2D eigenvalue weighted by atomic mass is 9.84. The molecule has 0 bridgehead atoms. The van der Waals surface area contributed by atoms with Crippen LogP contribution in [0.25, 0.3) is 44.6 Å². The van der Waals surface area contributed by atoms with E-state index in [0.717, 1.165) is 0 Å². The lowest BCUT2D eigenvalue weighted by molar-refractivity contribution is 0.693. The van der Waals surface area contributed by atoms with E-state index in [1.807, 2.05) is 0 Å². The standard InChI is InChI=1S/C40H28N2/c1-2-11-27(12-3-1)30-15-10-16-31(25-30)41-37-20-9-7-18-35(37)39-38(41)24-23-34-33-17-6-8-19-36(33)42(40(34)39)32-22-21-28-13-4-5-14-29(28)26-32/h1-26,38-39H. The molecule has 2 nitrogen and oxygen atoms in total. The predicted octanol–water partition coefficient (Wildman–Crippen LogP) is 10.1. The van der Waals surface area contributed by atoms with Gasteiger partial charge in [0.1, 0.15) is 0 Å². The van der Waals surface area contributed by atoms with Crippen LogP contribution in [-0.2, 0) is 0 Å². The normalized spacial score (nSPS) is 16.9. The molecule has 198 valence electrons. The molecule has 2 heterocycles. The zero-order valence-corrected chi connectivity index (χ0v) is 23.1. The van der Waals surface area contributed by atoms with Crippen molar-refractivity contribution >= 4 is 39.1 Å². The predicted molar refractivity (Wildman–Crippen MR) is 176 cm³/mol. The molecule has 42 heavy (non-hydrogen) atoms. The Bertz CT molecular complexity index is 2170. The maximum absolute atomic E-state index is 2.55. The number of fused-ring (bicyclic) bond motifs is 8. The van der Waals surface area contributed by atoms with Crippen molar-refractivity contribution in [2.45, 2.75) is 12.0 Å². The molecule has 2 heteroatoms. The van der Waals surface area contributed by atoms with Gasteiger partial charge in [-0.3, -0.25) is 0 Å². The highest BCUT2D eigenvalue weighted by molar-refractivity contribution is 5.96. The molecular formula is C40H28N2. The maximum atomic E-state index is 2.55. The van der Waals surface area contributed by atoms with Crippen LogP contribution in [0.4, 0.5) is 11.4 Å². The Morgan fingerprint density at radius 3 is 2.21 bits per heavy atom. The fourth-order valence-corrected chi connectivity index (χ4v) is 7.30. The average molecular weight is 537 g/mol. The summed E-state index contributed by atoms with van der Waals surface area (Å²) in [5, 5.41) is 3.83. The second-order valence-corrected chi connectivity index (χ2v) is 11.4. The number of anilines is 2. The molecule has 7 aromatic rings. The molecule has 0 N–H and O–H groups in total. The van der Waals surface area contributed by atoms with Crippen molar-refractivity contribution in [3.63, 3.8) is 0 Å². The fraction of sp³-hybridized carbons (Fsp3) is 0.0500. The second kappa shape index (κ2) is 9.09. The Kier molecular flexibility index (Phi) is 5.06. The number of hydrogen-bond donors (Lipinski definition) is 0. The highest BCUT2D eigenvalue weighted by Crippen LogP contribution is 2.53. The van der Waals surface area contributed by atoms with Crippen LogP contribution in [0, 0.1) is 0 Å². The number of para-hydroxylation sites is 2. The van der Waals surface area contributed by atoms with E-state index < -0.39 is 0 Å². The van der Waals surface area contributed by atoms with E-state index in [1.165, 1.54) is 66.7 Å². The van der Waals surface area contributed by atoms with Crippen molar-refractivity contribution in [3.8, 4) is 16.8 Å². The van der Waals surface area contributed by atoms with Crippen LogP contribution in [0.1, 0.15) is 22.7 Å². The monoisotopic (exact) mass is 536 g/mol. The molecule has 1 aliphatic carbocycles. The summed E-state index contributed by atoms with van der Waals surface area (Å²) in [7, 11) is 0. The van der Waals surface area contributed by atoms with Crippen LogP contribution in [-0.4, -0.2) is 10.6 Å². The molecule has 2 unspecified atom stereocenters. The summed E-state index contributed by atoms with van der Waals surface area (Å²) >= 11 is 0. The van der Waals surface area contributed by atoms with Crippen molar-refractivity contribution in [3.05, 3.63) is 168 Å². The lowest BCUT2D eigenvalue weighted by Gasteiger charge is -2.32. The summed E-state index contributed by atoms with van der Waals surface area (Å²) in [5.74, 6) is 0.195. The first kappa shape index (κ1) is 23.4. The second-order valence-electron chi connectivity index (χ2n) is 11.4. The van der Waals surface area contributed by atoms with E-state index in [-0.39, 0.29) is 12.0 Å². The van der Waals surface area contributed by atoms with Crippen molar-refractivity contribution in [2.24, 2.45) is 0 Å². The van der Waals surface area contributed by atoms with Crippen molar-refractivity contribution < 1.29 is 0 Å². The van der Waals surface area contributed by atoms with E-state index in [1.54, 1.807) is 0 Å². The molecule has 0 fully saturated rings.